The first-order valence-corrected chi connectivity index (χ1v) is 7.31. The van der Waals surface area contributed by atoms with Gasteiger partial charge in [0.2, 0.25) is 5.91 Å². The summed E-state index contributed by atoms with van der Waals surface area (Å²) in [5.41, 5.74) is 2.46. The van der Waals surface area contributed by atoms with Crippen molar-refractivity contribution in [3.05, 3.63) is 29.8 Å². The van der Waals surface area contributed by atoms with E-state index in [9.17, 15) is 4.79 Å². The van der Waals surface area contributed by atoms with Gasteiger partial charge in [0.05, 0.1) is 5.92 Å². The molecular formula is C16H22N2O. The Balaban J connectivity index is 1.80. The monoisotopic (exact) mass is 258 g/mol. The number of benzene rings is 1. The number of nitrogens with zero attached hydrogens (tertiary/aromatic N) is 1. The van der Waals surface area contributed by atoms with Crippen molar-refractivity contribution in [3.8, 4) is 0 Å². The van der Waals surface area contributed by atoms with Crippen LogP contribution in [0.1, 0.15) is 32.3 Å². The number of anilines is 1. The summed E-state index contributed by atoms with van der Waals surface area (Å²) in [5.74, 6) is 0.412. The quantitative estimate of drug-likeness (QED) is 0.840. The Morgan fingerprint density at radius 3 is 2.84 bits per heavy atom. The molecule has 3 nitrogen and oxygen atoms in total. The van der Waals surface area contributed by atoms with Crippen LogP contribution in [-0.2, 0) is 11.2 Å². The second-order valence-corrected chi connectivity index (χ2v) is 5.92. The zero-order valence-electron chi connectivity index (χ0n) is 11.7. The van der Waals surface area contributed by atoms with Gasteiger partial charge in [-0.2, -0.15) is 0 Å². The average Bonchev–Trinajstić information content (AvgIpc) is 2.83. The van der Waals surface area contributed by atoms with Gasteiger partial charge in [0.15, 0.2) is 0 Å². The van der Waals surface area contributed by atoms with Crippen LogP contribution in [0.5, 0.6) is 0 Å². The summed E-state index contributed by atoms with van der Waals surface area (Å²) >= 11 is 0. The van der Waals surface area contributed by atoms with E-state index < -0.39 is 0 Å². The fraction of sp³-hybridized carbons (Fsp3) is 0.562. The van der Waals surface area contributed by atoms with Crippen molar-refractivity contribution in [2.75, 3.05) is 11.9 Å². The predicted molar refractivity (Wildman–Crippen MR) is 77.1 cm³/mol. The maximum Gasteiger partial charge on any atom is 0.228 e. The Bertz CT molecular complexity index is 485. The van der Waals surface area contributed by atoms with E-state index in [0.29, 0.717) is 11.9 Å². The number of hydrogen-bond acceptors (Lipinski definition) is 2. The van der Waals surface area contributed by atoms with E-state index in [2.05, 4.69) is 42.3 Å². The van der Waals surface area contributed by atoms with Crippen molar-refractivity contribution in [1.82, 2.24) is 4.90 Å². The number of rotatable bonds is 1. The number of amides is 1. The lowest BCUT2D eigenvalue weighted by molar-refractivity contribution is -0.136. The molecule has 2 heterocycles. The number of para-hydroxylation sites is 1. The van der Waals surface area contributed by atoms with Crippen LogP contribution in [0.4, 0.5) is 5.69 Å². The molecule has 0 aromatic heterocycles. The smallest absolute Gasteiger partial charge is 0.228 e. The lowest BCUT2D eigenvalue weighted by Gasteiger charge is -2.35. The minimum Gasteiger partial charge on any atom is -0.382 e. The highest BCUT2D eigenvalue weighted by Crippen LogP contribution is 2.31. The molecule has 1 amide bonds. The second kappa shape index (κ2) is 4.87. The Morgan fingerprint density at radius 2 is 2.11 bits per heavy atom. The summed E-state index contributed by atoms with van der Waals surface area (Å²) in [5, 5.41) is 3.48. The summed E-state index contributed by atoms with van der Waals surface area (Å²) < 4.78 is 0. The van der Waals surface area contributed by atoms with E-state index >= 15 is 0 Å². The van der Waals surface area contributed by atoms with Gasteiger partial charge in [-0.25, -0.2) is 0 Å². The fourth-order valence-corrected chi connectivity index (χ4v) is 3.37. The van der Waals surface area contributed by atoms with Crippen molar-refractivity contribution in [1.29, 1.82) is 0 Å². The molecule has 102 valence electrons. The standard InChI is InChI=1S/C16H22N2O/c1-11-6-5-9-18(11)16(19)14-10-13-7-3-4-8-15(13)17-12(14)2/h3-4,7-8,11-12,14,17H,5-6,9-10H2,1-2H3. The van der Waals surface area contributed by atoms with Crippen LogP contribution in [0.25, 0.3) is 0 Å². The van der Waals surface area contributed by atoms with Gasteiger partial charge in [0, 0.05) is 24.3 Å². The van der Waals surface area contributed by atoms with Gasteiger partial charge in [0.25, 0.3) is 0 Å². The molecule has 2 aliphatic heterocycles. The summed E-state index contributed by atoms with van der Waals surface area (Å²) in [4.78, 5) is 14.8. The lowest BCUT2D eigenvalue weighted by atomic mass is 9.87. The zero-order chi connectivity index (χ0) is 13.4. The molecule has 1 aromatic rings. The predicted octanol–water partition coefficient (Wildman–Crippen LogP) is 2.67. The van der Waals surface area contributed by atoms with Crippen molar-refractivity contribution in [2.24, 2.45) is 5.92 Å². The molecule has 0 aliphatic carbocycles. The first-order chi connectivity index (χ1) is 9.16. The minimum absolute atomic E-state index is 0.0791. The van der Waals surface area contributed by atoms with Crippen molar-refractivity contribution >= 4 is 11.6 Å². The van der Waals surface area contributed by atoms with Gasteiger partial charge >= 0.3 is 0 Å². The SMILES string of the molecule is CC1Nc2ccccc2CC1C(=O)N1CCCC1C. The van der Waals surface area contributed by atoms with Crippen LogP contribution < -0.4 is 5.32 Å². The highest BCUT2D eigenvalue weighted by atomic mass is 16.2. The van der Waals surface area contributed by atoms with Crippen molar-refractivity contribution < 1.29 is 4.79 Å². The fourth-order valence-electron chi connectivity index (χ4n) is 3.37. The molecular weight excluding hydrogens is 236 g/mol. The van der Waals surface area contributed by atoms with Crippen LogP contribution >= 0.6 is 0 Å². The highest BCUT2D eigenvalue weighted by molar-refractivity contribution is 5.82. The van der Waals surface area contributed by atoms with E-state index in [1.165, 1.54) is 11.3 Å². The molecule has 1 N–H and O–H groups in total. The van der Waals surface area contributed by atoms with Gasteiger partial charge in [-0.15, -0.1) is 0 Å². The first kappa shape index (κ1) is 12.5. The van der Waals surface area contributed by atoms with Gasteiger partial charge in [-0.1, -0.05) is 18.2 Å². The third-order valence-electron chi connectivity index (χ3n) is 4.60. The molecule has 0 radical (unpaired) electrons. The Kier molecular flexibility index (Phi) is 3.21. The maximum atomic E-state index is 12.7. The van der Waals surface area contributed by atoms with Crippen LogP contribution in [0.15, 0.2) is 24.3 Å². The van der Waals surface area contributed by atoms with Gasteiger partial charge in [-0.3, -0.25) is 4.79 Å². The van der Waals surface area contributed by atoms with Gasteiger partial charge in [0.1, 0.15) is 0 Å². The first-order valence-electron chi connectivity index (χ1n) is 7.31. The molecule has 0 spiro atoms. The summed E-state index contributed by atoms with van der Waals surface area (Å²) in [6.45, 7) is 5.23. The zero-order valence-corrected chi connectivity index (χ0v) is 11.7. The van der Waals surface area contributed by atoms with E-state index in [0.717, 1.165) is 25.8 Å². The van der Waals surface area contributed by atoms with E-state index in [-0.39, 0.29) is 12.0 Å². The van der Waals surface area contributed by atoms with Gasteiger partial charge < -0.3 is 10.2 Å². The average molecular weight is 258 g/mol. The molecule has 3 atom stereocenters. The van der Waals surface area contributed by atoms with Crippen LogP contribution in [0.2, 0.25) is 0 Å². The molecule has 3 heteroatoms. The third kappa shape index (κ3) is 2.22. The molecule has 19 heavy (non-hydrogen) atoms. The number of hydrogen-bond donors (Lipinski definition) is 1. The maximum absolute atomic E-state index is 12.7. The molecule has 1 aromatic carbocycles. The minimum atomic E-state index is 0.0791. The lowest BCUT2D eigenvalue weighted by Crippen LogP contribution is -2.46. The second-order valence-electron chi connectivity index (χ2n) is 5.92. The van der Waals surface area contributed by atoms with Gasteiger partial charge in [-0.05, 0) is 44.7 Å². The normalized spacial score (nSPS) is 29.8. The summed E-state index contributed by atoms with van der Waals surface area (Å²) in [6.07, 6.45) is 3.17. The van der Waals surface area contributed by atoms with E-state index in [1.807, 2.05) is 6.07 Å². The molecule has 1 fully saturated rings. The molecule has 0 bridgehead atoms. The van der Waals surface area contributed by atoms with Crippen LogP contribution in [0, 0.1) is 5.92 Å². The summed E-state index contributed by atoms with van der Waals surface area (Å²) in [7, 11) is 0. The Morgan fingerprint density at radius 1 is 1.32 bits per heavy atom. The molecule has 1 saturated heterocycles. The van der Waals surface area contributed by atoms with Crippen LogP contribution in [0.3, 0.4) is 0 Å². The number of fused-ring (bicyclic) bond motifs is 1. The molecule has 3 rings (SSSR count). The molecule has 3 unspecified atom stereocenters. The Hall–Kier alpha value is -1.51. The third-order valence-corrected chi connectivity index (χ3v) is 4.60. The Labute approximate surface area is 115 Å². The van der Waals surface area contributed by atoms with Crippen molar-refractivity contribution in [3.63, 3.8) is 0 Å². The largest absolute Gasteiger partial charge is 0.382 e. The van der Waals surface area contributed by atoms with E-state index in [1.54, 1.807) is 0 Å². The number of carbonyl (C=O) groups is 1. The summed E-state index contributed by atoms with van der Waals surface area (Å²) in [6, 6.07) is 8.96. The van der Waals surface area contributed by atoms with E-state index in [4.69, 9.17) is 0 Å². The van der Waals surface area contributed by atoms with Crippen molar-refractivity contribution in [2.45, 2.75) is 45.2 Å². The highest BCUT2D eigenvalue weighted by Gasteiger charge is 2.36. The number of nitrogens with one attached hydrogen (secondary N) is 1. The molecule has 2 aliphatic rings. The number of likely N-dealkylation sites (tertiary alicyclic amines) is 1. The molecule has 0 saturated carbocycles. The van der Waals surface area contributed by atoms with Crippen LogP contribution in [-0.4, -0.2) is 29.4 Å². The number of carbonyl (C=O) groups excluding carboxylic acids is 1. The topological polar surface area (TPSA) is 32.3 Å².